The van der Waals surface area contributed by atoms with Gasteiger partial charge in [0.2, 0.25) is 21.8 Å². The zero-order chi connectivity index (χ0) is 21.3. The molecule has 0 fully saturated rings. The van der Waals surface area contributed by atoms with Gasteiger partial charge in [0.05, 0.1) is 23.3 Å². The number of ether oxygens (including phenoxy) is 1. The van der Waals surface area contributed by atoms with Gasteiger partial charge in [-0.2, -0.15) is 4.31 Å². The van der Waals surface area contributed by atoms with E-state index in [0.29, 0.717) is 28.6 Å². The molecule has 3 heterocycles. The fourth-order valence-electron chi connectivity index (χ4n) is 2.98. The van der Waals surface area contributed by atoms with Crippen LogP contribution >= 0.6 is 0 Å². The number of aromatic nitrogens is 2. The Labute approximate surface area is 173 Å². The highest BCUT2D eigenvalue weighted by Crippen LogP contribution is 2.33. The van der Waals surface area contributed by atoms with Crippen LogP contribution in [0.1, 0.15) is 17.0 Å². The lowest BCUT2D eigenvalue weighted by Crippen LogP contribution is -2.25. The van der Waals surface area contributed by atoms with E-state index >= 15 is 0 Å². The highest BCUT2D eigenvalue weighted by Gasteiger charge is 2.33. The summed E-state index contributed by atoms with van der Waals surface area (Å²) in [5.41, 5.74) is 1.42. The third-order valence-corrected chi connectivity index (χ3v) is 6.22. The predicted molar refractivity (Wildman–Crippen MR) is 107 cm³/mol. The topological polar surface area (TPSA) is 115 Å². The number of nitrogens with one attached hydrogen (secondary N) is 1. The Balaban J connectivity index is 1.46. The summed E-state index contributed by atoms with van der Waals surface area (Å²) in [6.07, 6.45) is 4.22. The van der Waals surface area contributed by atoms with Gasteiger partial charge in [-0.15, -0.1) is 0 Å². The molecule has 2 aromatic heterocycles. The van der Waals surface area contributed by atoms with Crippen LogP contribution < -0.4 is 10.1 Å². The minimum absolute atomic E-state index is 0.0821. The number of benzene rings is 1. The van der Waals surface area contributed by atoms with E-state index in [9.17, 15) is 13.2 Å². The summed E-state index contributed by atoms with van der Waals surface area (Å²) in [6.45, 7) is 5.41. The van der Waals surface area contributed by atoms with E-state index in [4.69, 9.17) is 9.15 Å². The average molecular weight is 426 g/mol. The first kappa shape index (κ1) is 19.8. The van der Waals surface area contributed by atoms with Crippen LogP contribution in [-0.2, 0) is 27.9 Å². The summed E-state index contributed by atoms with van der Waals surface area (Å²) in [4.78, 5) is 19.7. The molecule has 0 bridgehead atoms. The van der Waals surface area contributed by atoms with Gasteiger partial charge in [-0.05, 0) is 37.3 Å². The molecule has 4 rings (SSSR count). The van der Waals surface area contributed by atoms with Gasteiger partial charge >= 0.3 is 0 Å². The van der Waals surface area contributed by atoms with E-state index in [1.54, 1.807) is 31.3 Å². The Morgan fingerprint density at radius 3 is 2.70 bits per heavy atom. The molecule has 154 valence electrons. The standard InChI is InChI=1S/C20H18N4O5S/c1-3-18(25)23-19-8-14-11-24(12-17(14)29-19)30(26,27)16-6-4-15(5-7-16)28-20-10-21-9-13(2)22-20/h3-10H,1,11-12H2,2H3,(H,23,25). The molecule has 1 aromatic carbocycles. The molecule has 0 aliphatic carbocycles. The Morgan fingerprint density at radius 2 is 2.03 bits per heavy atom. The molecule has 3 aromatic rings. The number of anilines is 1. The number of hydrogen-bond acceptors (Lipinski definition) is 7. The van der Waals surface area contributed by atoms with Crippen LogP contribution in [0.4, 0.5) is 5.88 Å². The normalized spacial score (nSPS) is 13.6. The number of furan rings is 1. The maximum Gasteiger partial charge on any atom is 0.250 e. The van der Waals surface area contributed by atoms with Gasteiger partial charge in [-0.25, -0.2) is 13.4 Å². The van der Waals surface area contributed by atoms with Crippen LogP contribution in [0.5, 0.6) is 11.6 Å². The molecule has 0 radical (unpaired) electrons. The van der Waals surface area contributed by atoms with Gasteiger partial charge in [0.15, 0.2) is 5.88 Å². The van der Waals surface area contributed by atoms with Crippen LogP contribution in [0, 0.1) is 6.92 Å². The quantitative estimate of drug-likeness (QED) is 0.603. The summed E-state index contributed by atoms with van der Waals surface area (Å²) < 4.78 is 38.4. The van der Waals surface area contributed by atoms with Crippen molar-refractivity contribution in [3.05, 3.63) is 72.4 Å². The number of rotatable bonds is 6. The highest BCUT2D eigenvalue weighted by molar-refractivity contribution is 7.89. The maximum atomic E-state index is 13.0. The molecule has 0 atom stereocenters. The van der Waals surface area contributed by atoms with E-state index in [0.717, 1.165) is 6.08 Å². The zero-order valence-corrected chi connectivity index (χ0v) is 16.8. The SMILES string of the molecule is C=CC(=O)Nc1cc2c(o1)CN(S(=O)(=O)c1ccc(Oc3cncc(C)n3)cc1)C2. The van der Waals surface area contributed by atoms with Gasteiger partial charge < -0.3 is 9.15 Å². The van der Waals surface area contributed by atoms with Gasteiger partial charge in [-0.3, -0.25) is 15.1 Å². The molecule has 9 nitrogen and oxygen atoms in total. The van der Waals surface area contributed by atoms with Gasteiger partial charge in [0.1, 0.15) is 11.5 Å². The molecule has 30 heavy (non-hydrogen) atoms. The third kappa shape index (κ3) is 3.95. The minimum Gasteiger partial charge on any atom is -0.444 e. The van der Waals surface area contributed by atoms with Crippen molar-refractivity contribution in [1.82, 2.24) is 14.3 Å². The van der Waals surface area contributed by atoms with Crippen LogP contribution in [0.3, 0.4) is 0 Å². The average Bonchev–Trinajstić information content (AvgIpc) is 3.27. The number of nitrogens with zero attached hydrogens (tertiary/aromatic N) is 3. The molecule has 1 amide bonds. The fraction of sp³-hybridized carbons (Fsp3) is 0.150. The van der Waals surface area contributed by atoms with Gasteiger partial charge in [0, 0.05) is 24.4 Å². The van der Waals surface area contributed by atoms with Crippen LogP contribution in [-0.4, -0.2) is 28.6 Å². The number of amides is 1. The zero-order valence-electron chi connectivity index (χ0n) is 16.0. The van der Waals surface area contributed by atoms with Crippen molar-refractivity contribution in [3.8, 4) is 11.6 Å². The Hall–Kier alpha value is -3.50. The lowest BCUT2D eigenvalue weighted by molar-refractivity contribution is -0.112. The molecule has 0 saturated carbocycles. The first-order valence-corrected chi connectivity index (χ1v) is 10.4. The van der Waals surface area contributed by atoms with Crippen LogP contribution in [0.25, 0.3) is 0 Å². The summed E-state index contributed by atoms with van der Waals surface area (Å²) in [7, 11) is -3.73. The largest absolute Gasteiger partial charge is 0.444 e. The van der Waals surface area contributed by atoms with Crippen LogP contribution in [0.15, 0.2) is 64.7 Å². The molecule has 0 unspecified atom stereocenters. The summed E-state index contributed by atoms with van der Waals surface area (Å²) in [5, 5.41) is 2.52. The molecule has 1 N–H and O–H groups in total. The fourth-order valence-corrected chi connectivity index (χ4v) is 4.36. The number of carbonyl (C=O) groups is 1. The molecule has 1 aliphatic rings. The van der Waals surface area contributed by atoms with E-state index in [2.05, 4.69) is 21.9 Å². The number of aryl methyl sites for hydroxylation is 1. The monoisotopic (exact) mass is 426 g/mol. The molecule has 0 saturated heterocycles. The first-order chi connectivity index (χ1) is 14.3. The number of fused-ring (bicyclic) bond motifs is 1. The van der Waals surface area contributed by atoms with Crippen molar-refractivity contribution < 1.29 is 22.4 Å². The smallest absolute Gasteiger partial charge is 0.250 e. The third-order valence-electron chi connectivity index (χ3n) is 4.41. The minimum atomic E-state index is -3.73. The Morgan fingerprint density at radius 1 is 1.27 bits per heavy atom. The molecular weight excluding hydrogens is 408 g/mol. The van der Waals surface area contributed by atoms with E-state index < -0.39 is 15.9 Å². The molecule has 0 spiro atoms. The number of carbonyl (C=O) groups excluding carboxylic acids is 1. The van der Waals surface area contributed by atoms with E-state index in [-0.39, 0.29) is 23.9 Å². The first-order valence-electron chi connectivity index (χ1n) is 8.97. The summed E-state index contributed by atoms with van der Waals surface area (Å²) >= 11 is 0. The summed E-state index contributed by atoms with van der Waals surface area (Å²) in [6, 6.07) is 7.69. The van der Waals surface area contributed by atoms with Crippen molar-refractivity contribution >= 4 is 21.8 Å². The number of hydrogen-bond donors (Lipinski definition) is 1. The van der Waals surface area contributed by atoms with Crippen molar-refractivity contribution in [3.63, 3.8) is 0 Å². The summed E-state index contributed by atoms with van der Waals surface area (Å²) in [5.74, 6) is 1.14. The van der Waals surface area contributed by atoms with Gasteiger partial charge in [0.25, 0.3) is 0 Å². The van der Waals surface area contributed by atoms with Crippen molar-refractivity contribution in [2.75, 3.05) is 5.32 Å². The lowest BCUT2D eigenvalue weighted by atomic mass is 10.3. The predicted octanol–water partition coefficient (Wildman–Crippen LogP) is 3.00. The maximum absolute atomic E-state index is 13.0. The van der Waals surface area contributed by atoms with Crippen molar-refractivity contribution in [2.24, 2.45) is 0 Å². The highest BCUT2D eigenvalue weighted by atomic mass is 32.2. The second-order valence-electron chi connectivity index (χ2n) is 6.60. The van der Waals surface area contributed by atoms with E-state index in [1.165, 1.54) is 22.6 Å². The molecule has 1 aliphatic heterocycles. The molecular formula is C20H18N4O5S. The van der Waals surface area contributed by atoms with Gasteiger partial charge in [-0.1, -0.05) is 6.58 Å². The second-order valence-corrected chi connectivity index (χ2v) is 8.54. The lowest BCUT2D eigenvalue weighted by Gasteiger charge is -2.16. The van der Waals surface area contributed by atoms with E-state index in [1.807, 2.05) is 0 Å². The Kier molecular flexibility index (Phi) is 5.10. The molecule has 10 heteroatoms. The van der Waals surface area contributed by atoms with Crippen molar-refractivity contribution in [2.45, 2.75) is 24.9 Å². The number of sulfonamides is 1. The second kappa shape index (κ2) is 7.73. The van der Waals surface area contributed by atoms with Crippen molar-refractivity contribution in [1.29, 1.82) is 0 Å². The Bertz CT molecular complexity index is 1190. The van der Waals surface area contributed by atoms with Crippen LogP contribution in [0.2, 0.25) is 0 Å².